The van der Waals surface area contributed by atoms with Gasteiger partial charge in [0.25, 0.3) is 0 Å². The van der Waals surface area contributed by atoms with Crippen LogP contribution in [-0.4, -0.2) is 11.8 Å². The van der Waals surface area contributed by atoms with Gasteiger partial charge in [-0.05, 0) is 24.3 Å². The molecular formula is C14H8F4N2O2. The fourth-order valence-electron chi connectivity index (χ4n) is 1.53. The highest BCUT2D eigenvalue weighted by Gasteiger charge is 2.16. The second-order valence-corrected chi connectivity index (χ2v) is 4.16. The summed E-state index contributed by atoms with van der Waals surface area (Å²) in [5.74, 6) is -6.71. The van der Waals surface area contributed by atoms with E-state index in [0.29, 0.717) is 12.1 Å². The van der Waals surface area contributed by atoms with Gasteiger partial charge in [0, 0.05) is 17.8 Å². The zero-order valence-electron chi connectivity index (χ0n) is 10.8. The molecule has 8 heteroatoms. The lowest BCUT2D eigenvalue weighted by Crippen LogP contribution is -2.29. The molecule has 0 spiro atoms. The predicted molar refractivity (Wildman–Crippen MR) is 70.0 cm³/mol. The lowest BCUT2D eigenvalue weighted by Gasteiger charge is -2.07. The van der Waals surface area contributed by atoms with Crippen LogP contribution in [-0.2, 0) is 9.59 Å². The predicted octanol–water partition coefficient (Wildman–Crippen LogP) is 2.82. The van der Waals surface area contributed by atoms with Gasteiger partial charge >= 0.3 is 11.8 Å². The Morgan fingerprint density at radius 1 is 0.727 bits per heavy atom. The summed E-state index contributed by atoms with van der Waals surface area (Å²) in [5, 5.41) is 3.93. The summed E-state index contributed by atoms with van der Waals surface area (Å²) in [7, 11) is 0. The molecule has 4 nitrogen and oxygen atoms in total. The number of benzene rings is 2. The van der Waals surface area contributed by atoms with Crippen molar-refractivity contribution in [2.45, 2.75) is 0 Å². The Hall–Kier alpha value is -2.90. The van der Waals surface area contributed by atoms with E-state index in [4.69, 9.17) is 0 Å². The van der Waals surface area contributed by atoms with E-state index in [-0.39, 0.29) is 5.69 Å². The van der Waals surface area contributed by atoms with Crippen LogP contribution in [0.15, 0.2) is 36.4 Å². The molecule has 0 fully saturated rings. The van der Waals surface area contributed by atoms with Crippen molar-refractivity contribution >= 4 is 23.2 Å². The SMILES string of the molecule is O=C(Nc1ccc(F)c(F)c1)C(=O)Nc1ccc(F)cc1F. The molecule has 0 aromatic heterocycles. The van der Waals surface area contributed by atoms with Crippen LogP contribution in [0.5, 0.6) is 0 Å². The molecule has 0 saturated heterocycles. The normalized spacial score (nSPS) is 10.2. The number of carbonyl (C=O) groups is 2. The third kappa shape index (κ3) is 3.60. The minimum atomic E-state index is -1.25. The first-order chi connectivity index (χ1) is 10.4. The molecule has 0 aliphatic heterocycles. The van der Waals surface area contributed by atoms with Crippen LogP contribution < -0.4 is 10.6 Å². The van der Waals surface area contributed by atoms with Gasteiger partial charge in [0.05, 0.1) is 5.69 Å². The minimum Gasteiger partial charge on any atom is -0.318 e. The third-order valence-corrected chi connectivity index (χ3v) is 2.56. The first kappa shape index (κ1) is 15.5. The minimum absolute atomic E-state index is 0.154. The summed E-state index contributed by atoms with van der Waals surface area (Å²) in [6, 6.07) is 4.85. The molecule has 114 valence electrons. The molecule has 0 atom stereocenters. The summed E-state index contributed by atoms with van der Waals surface area (Å²) in [5.41, 5.74) is -0.550. The van der Waals surface area contributed by atoms with Gasteiger partial charge in [0.2, 0.25) is 0 Å². The molecule has 0 aliphatic rings. The number of hydrogen-bond donors (Lipinski definition) is 2. The molecule has 0 saturated carbocycles. The molecule has 0 aliphatic carbocycles. The van der Waals surface area contributed by atoms with Gasteiger partial charge in [-0.15, -0.1) is 0 Å². The van der Waals surface area contributed by atoms with Crippen molar-refractivity contribution < 1.29 is 27.2 Å². The number of carbonyl (C=O) groups excluding carboxylic acids is 2. The highest BCUT2D eigenvalue weighted by molar-refractivity contribution is 6.43. The maximum Gasteiger partial charge on any atom is 0.314 e. The van der Waals surface area contributed by atoms with Crippen LogP contribution in [0.1, 0.15) is 0 Å². The van der Waals surface area contributed by atoms with Crippen LogP contribution in [0.2, 0.25) is 0 Å². The van der Waals surface area contributed by atoms with E-state index in [2.05, 4.69) is 0 Å². The van der Waals surface area contributed by atoms with Crippen LogP contribution >= 0.6 is 0 Å². The zero-order valence-corrected chi connectivity index (χ0v) is 10.8. The van der Waals surface area contributed by atoms with Crippen molar-refractivity contribution in [3.8, 4) is 0 Å². The molecule has 0 bridgehead atoms. The van der Waals surface area contributed by atoms with Crippen LogP contribution in [0.3, 0.4) is 0 Å². The Labute approximate surface area is 121 Å². The van der Waals surface area contributed by atoms with Gasteiger partial charge in [-0.25, -0.2) is 17.6 Å². The van der Waals surface area contributed by atoms with Crippen LogP contribution in [0.25, 0.3) is 0 Å². The van der Waals surface area contributed by atoms with Crippen molar-refractivity contribution in [3.05, 3.63) is 59.7 Å². The van der Waals surface area contributed by atoms with E-state index in [1.54, 1.807) is 0 Å². The highest BCUT2D eigenvalue weighted by Crippen LogP contribution is 2.16. The van der Waals surface area contributed by atoms with Gasteiger partial charge in [-0.2, -0.15) is 0 Å². The number of hydrogen-bond acceptors (Lipinski definition) is 2. The first-order valence-electron chi connectivity index (χ1n) is 5.89. The van der Waals surface area contributed by atoms with Crippen molar-refractivity contribution in [3.63, 3.8) is 0 Å². The molecule has 0 heterocycles. The van der Waals surface area contributed by atoms with E-state index < -0.39 is 40.8 Å². The maximum atomic E-state index is 13.3. The lowest BCUT2D eigenvalue weighted by molar-refractivity contribution is -0.133. The molecule has 2 aromatic carbocycles. The molecular weight excluding hydrogens is 304 g/mol. The lowest BCUT2D eigenvalue weighted by atomic mass is 10.3. The van der Waals surface area contributed by atoms with Crippen molar-refractivity contribution in [2.24, 2.45) is 0 Å². The van der Waals surface area contributed by atoms with E-state index >= 15 is 0 Å². The Morgan fingerprint density at radius 3 is 2.05 bits per heavy atom. The molecule has 2 rings (SSSR count). The Bertz CT molecular complexity index is 750. The first-order valence-corrected chi connectivity index (χ1v) is 5.89. The summed E-state index contributed by atoms with van der Waals surface area (Å²) < 4.78 is 51.7. The van der Waals surface area contributed by atoms with Gasteiger partial charge in [-0.3, -0.25) is 9.59 Å². The smallest absolute Gasteiger partial charge is 0.314 e. The molecule has 22 heavy (non-hydrogen) atoms. The van der Waals surface area contributed by atoms with Crippen molar-refractivity contribution in [1.29, 1.82) is 0 Å². The Kier molecular flexibility index (Phi) is 4.40. The van der Waals surface area contributed by atoms with Gasteiger partial charge in [0.1, 0.15) is 11.6 Å². The summed E-state index contributed by atoms with van der Waals surface area (Å²) in [6.07, 6.45) is 0. The monoisotopic (exact) mass is 312 g/mol. The summed E-state index contributed by atoms with van der Waals surface area (Å²) in [4.78, 5) is 23.1. The van der Waals surface area contributed by atoms with Gasteiger partial charge in [0.15, 0.2) is 11.6 Å². The second kappa shape index (κ2) is 6.25. The topological polar surface area (TPSA) is 58.2 Å². The number of halogens is 4. The van der Waals surface area contributed by atoms with Crippen LogP contribution in [0, 0.1) is 23.3 Å². The number of rotatable bonds is 2. The number of amides is 2. The van der Waals surface area contributed by atoms with Crippen molar-refractivity contribution in [2.75, 3.05) is 10.6 Å². The fraction of sp³-hybridized carbons (Fsp3) is 0. The van der Waals surface area contributed by atoms with Crippen molar-refractivity contribution in [1.82, 2.24) is 0 Å². The average molecular weight is 312 g/mol. The number of nitrogens with one attached hydrogen (secondary N) is 2. The van der Waals surface area contributed by atoms with Gasteiger partial charge in [-0.1, -0.05) is 0 Å². The highest BCUT2D eigenvalue weighted by atomic mass is 19.2. The third-order valence-electron chi connectivity index (χ3n) is 2.56. The van der Waals surface area contributed by atoms with E-state index in [1.807, 2.05) is 10.6 Å². The quantitative estimate of drug-likeness (QED) is 0.662. The second-order valence-electron chi connectivity index (χ2n) is 4.16. The summed E-state index contributed by atoms with van der Waals surface area (Å²) >= 11 is 0. The molecule has 0 unspecified atom stereocenters. The summed E-state index contributed by atoms with van der Waals surface area (Å²) in [6.45, 7) is 0. The standard InChI is InChI=1S/C14H8F4N2O2/c15-7-1-4-12(11(18)5-7)20-14(22)13(21)19-8-2-3-9(16)10(17)6-8/h1-6H,(H,19,21)(H,20,22). The molecule has 2 N–H and O–H groups in total. The Balaban J connectivity index is 2.05. The van der Waals surface area contributed by atoms with E-state index in [0.717, 1.165) is 24.3 Å². The fourth-order valence-corrected chi connectivity index (χ4v) is 1.53. The number of anilines is 2. The van der Waals surface area contributed by atoms with Crippen LogP contribution in [0.4, 0.5) is 28.9 Å². The van der Waals surface area contributed by atoms with Gasteiger partial charge < -0.3 is 10.6 Å². The molecule has 2 aromatic rings. The molecule has 0 radical (unpaired) electrons. The largest absolute Gasteiger partial charge is 0.318 e. The maximum absolute atomic E-state index is 13.3. The molecule has 2 amide bonds. The average Bonchev–Trinajstić information content (AvgIpc) is 2.45. The zero-order chi connectivity index (χ0) is 16.3. The Morgan fingerprint density at radius 2 is 1.41 bits per heavy atom. The van der Waals surface area contributed by atoms with E-state index in [1.165, 1.54) is 0 Å². The van der Waals surface area contributed by atoms with E-state index in [9.17, 15) is 27.2 Å².